The molecule has 1 saturated heterocycles. The molecular formula is C16H18FN3O3S. The fraction of sp³-hybridized carbons (Fsp3) is 0.375. The molecule has 1 aliphatic rings. The van der Waals surface area contributed by atoms with Crippen LogP contribution in [0.1, 0.15) is 30.3 Å². The van der Waals surface area contributed by atoms with Crippen molar-refractivity contribution in [2.75, 3.05) is 13.2 Å². The summed E-state index contributed by atoms with van der Waals surface area (Å²) >= 11 is 0. The van der Waals surface area contributed by atoms with Crippen molar-refractivity contribution in [1.82, 2.24) is 14.7 Å². The van der Waals surface area contributed by atoms with E-state index in [-0.39, 0.29) is 17.4 Å². The topological polar surface area (TPSA) is 81.2 Å². The van der Waals surface area contributed by atoms with Gasteiger partial charge in [0.05, 0.1) is 23.7 Å². The lowest BCUT2D eigenvalue weighted by atomic mass is 10.0. The summed E-state index contributed by atoms with van der Waals surface area (Å²) in [6.45, 7) is 1.39. The summed E-state index contributed by atoms with van der Waals surface area (Å²) in [5, 5.41) is 0. The highest BCUT2D eigenvalue weighted by atomic mass is 32.2. The van der Waals surface area contributed by atoms with Crippen LogP contribution in [0.25, 0.3) is 0 Å². The Morgan fingerprint density at radius 2 is 2.04 bits per heavy atom. The van der Waals surface area contributed by atoms with E-state index in [1.54, 1.807) is 12.3 Å². The minimum atomic E-state index is -3.71. The lowest BCUT2D eigenvalue weighted by Gasteiger charge is -2.20. The molecule has 1 atom stereocenters. The summed E-state index contributed by atoms with van der Waals surface area (Å²) in [6.07, 6.45) is 3.55. The van der Waals surface area contributed by atoms with E-state index < -0.39 is 15.8 Å². The highest BCUT2D eigenvalue weighted by Gasteiger charge is 2.19. The van der Waals surface area contributed by atoms with Crippen LogP contribution in [0.2, 0.25) is 0 Å². The zero-order chi connectivity index (χ0) is 17.0. The highest BCUT2D eigenvalue weighted by Crippen LogP contribution is 2.22. The SMILES string of the molecule is O=S(=O)(NCc1ccnc([C@H]2CCCOC2)n1)c1ccc(F)cc1. The van der Waals surface area contributed by atoms with Crippen molar-refractivity contribution in [1.29, 1.82) is 0 Å². The van der Waals surface area contributed by atoms with E-state index in [4.69, 9.17) is 4.74 Å². The van der Waals surface area contributed by atoms with Gasteiger partial charge in [-0.3, -0.25) is 0 Å². The zero-order valence-corrected chi connectivity index (χ0v) is 13.8. The Balaban J connectivity index is 1.68. The Bertz CT molecular complexity index is 790. The number of nitrogens with one attached hydrogen (secondary N) is 1. The molecule has 0 saturated carbocycles. The number of ether oxygens (including phenoxy) is 1. The van der Waals surface area contributed by atoms with Crippen LogP contribution in [-0.4, -0.2) is 31.6 Å². The monoisotopic (exact) mass is 351 g/mol. The Hall–Kier alpha value is -1.90. The average molecular weight is 351 g/mol. The molecule has 1 aromatic carbocycles. The van der Waals surface area contributed by atoms with E-state index in [0.29, 0.717) is 18.1 Å². The second-order valence-electron chi connectivity index (χ2n) is 5.60. The van der Waals surface area contributed by atoms with Crippen LogP contribution in [0.4, 0.5) is 4.39 Å². The summed E-state index contributed by atoms with van der Waals surface area (Å²) in [5.74, 6) is 0.338. The molecule has 24 heavy (non-hydrogen) atoms. The summed E-state index contributed by atoms with van der Waals surface area (Å²) in [5.41, 5.74) is 0.580. The van der Waals surface area contributed by atoms with Crippen LogP contribution < -0.4 is 4.72 Å². The first-order valence-corrected chi connectivity index (χ1v) is 9.18. The van der Waals surface area contributed by atoms with Crippen LogP contribution in [0, 0.1) is 5.82 Å². The molecule has 0 aliphatic carbocycles. The molecule has 0 unspecified atom stereocenters. The van der Waals surface area contributed by atoms with E-state index in [2.05, 4.69) is 14.7 Å². The minimum Gasteiger partial charge on any atom is -0.381 e. The van der Waals surface area contributed by atoms with Crippen LogP contribution in [0.3, 0.4) is 0 Å². The van der Waals surface area contributed by atoms with Gasteiger partial charge in [-0.2, -0.15) is 0 Å². The molecule has 8 heteroatoms. The van der Waals surface area contributed by atoms with E-state index in [9.17, 15) is 12.8 Å². The van der Waals surface area contributed by atoms with Gasteiger partial charge < -0.3 is 4.74 Å². The molecular weight excluding hydrogens is 333 g/mol. The van der Waals surface area contributed by atoms with Crippen molar-refractivity contribution in [3.05, 3.63) is 53.9 Å². The molecule has 3 rings (SSSR count). The van der Waals surface area contributed by atoms with Gasteiger partial charge in [-0.25, -0.2) is 27.5 Å². The third-order valence-corrected chi connectivity index (χ3v) is 5.24. The number of rotatable bonds is 5. The van der Waals surface area contributed by atoms with Crippen molar-refractivity contribution in [3.63, 3.8) is 0 Å². The predicted octanol–water partition coefficient (Wildman–Crippen LogP) is 1.99. The van der Waals surface area contributed by atoms with E-state index in [1.165, 1.54) is 12.1 Å². The third kappa shape index (κ3) is 4.14. The normalized spacial score (nSPS) is 18.5. The fourth-order valence-electron chi connectivity index (χ4n) is 2.52. The second-order valence-corrected chi connectivity index (χ2v) is 7.37. The van der Waals surface area contributed by atoms with Gasteiger partial charge in [-0.05, 0) is 43.2 Å². The molecule has 0 bridgehead atoms. The minimum absolute atomic E-state index is 0.0128. The Morgan fingerprint density at radius 3 is 2.75 bits per heavy atom. The fourth-order valence-corrected chi connectivity index (χ4v) is 3.52. The first kappa shape index (κ1) is 16.9. The van der Waals surface area contributed by atoms with Gasteiger partial charge in [-0.15, -0.1) is 0 Å². The van der Waals surface area contributed by atoms with Crippen LogP contribution in [0.15, 0.2) is 41.4 Å². The maximum atomic E-state index is 12.9. The molecule has 1 fully saturated rings. The smallest absolute Gasteiger partial charge is 0.240 e. The van der Waals surface area contributed by atoms with E-state index >= 15 is 0 Å². The van der Waals surface area contributed by atoms with Gasteiger partial charge in [0.25, 0.3) is 0 Å². The Labute approximate surface area is 140 Å². The quantitative estimate of drug-likeness (QED) is 0.891. The third-order valence-electron chi connectivity index (χ3n) is 3.82. The van der Waals surface area contributed by atoms with Crippen molar-refractivity contribution in [2.45, 2.75) is 30.2 Å². The molecule has 2 aromatic rings. The highest BCUT2D eigenvalue weighted by molar-refractivity contribution is 7.89. The number of aromatic nitrogens is 2. The summed E-state index contributed by atoms with van der Waals surface area (Å²) in [7, 11) is -3.71. The number of benzene rings is 1. The summed E-state index contributed by atoms with van der Waals surface area (Å²) in [4.78, 5) is 8.71. The molecule has 0 spiro atoms. The summed E-state index contributed by atoms with van der Waals surface area (Å²) in [6, 6.07) is 6.34. The standard InChI is InChI=1S/C16H18FN3O3S/c17-13-3-5-15(6-4-13)24(21,22)19-10-14-7-8-18-16(20-14)12-2-1-9-23-11-12/h3-8,12,19H,1-2,9-11H2/t12-/m0/s1. The number of sulfonamides is 1. The van der Waals surface area contributed by atoms with Crippen molar-refractivity contribution in [3.8, 4) is 0 Å². The Morgan fingerprint density at radius 1 is 1.25 bits per heavy atom. The van der Waals surface area contributed by atoms with Gasteiger partial charge in [0, 0.05) is 18.7 Å². The molecule has 1 aliphatic heterocycles. The lowest BCUT2D eigenvalue weighted by Crippen LogP contribution is -2.24. The predicted molar refractivity (Wildman–Crippen MR) is 85.3 cm³/mol. The molecule has 1 aromatic heterocycles. The number of halogens is 1. The Kier molecular flexibility index (Phi) is 5.17. The van der Waals surface area contributed by atoms with Gasteiger partial charge in [0.1, 0.15) is 11.6 Å². The molecule has 0 radical (unpaired) electrons. The zero-order valence-electron chi connectivity index (χ0n) is 13.0. The number of hydrogen-bond donors (Lipinski definition) is 1. The van der Waals surface area contributed by atoms with Gasteiger partial charge >= 0.3 is 0 Å². The molecule has 0 amide bonds. The maximum Gasteiger partial charge on any atom is 0.240 e. The number of nitrogens with zero attached hydrogens (tertiary/aromatic N) is 2. The second kappa shape index (κ2) is 7.33. The molecule has 2 heterocycles. The molecule has 1 N–H and O–H groups in total. The first-order valence-electron chi connectivity index (χ1n) is 7.69. The van der Waals surface area contributed by atoms with Crippen molar-refractivity contribution >= 4 is 10.0 Å². The van der Waals surface area contributed by atoms with Crippen molar-refractivity contribution in [2.24, 2.45) is 0 Å². The van der Waals surface area contributed by atoms with Gasteiger partial charge in [0.2, 0.25) is 10.0 Å². The molecule has 128 valence electrons. The maximum absolute atomic E-state index is 12.9. The van der Waals surface area contributed by atoms with E-state index in [0.717, 1.165) is 31.6 Å². The van der Waals surface area contributed by atoms with Crippen LogP contribution >= 0.6 is 0 Å². The van der Waals surface area contributed by atoms with E-state index in [1.807, 2.05) is 0 Å². The van der Waals surface area contributed by atoms with Gasteiger partial charge in [0.15, 0.2) is 0 Å². The summed E-state index contributed by atoms with van der Waals surface area (Å²) < 4.78 is 45.2. The van der Waals surface area contributed by atoms with Crippen LogP contribution in [-0.2, 0) is 21.3 Å². The van der Waals surface area contributed by atoms with Crippen molar-refractivity contribution < 1.29 is 17.5 Å². The largest absolute Gasteiger partial charge is 0.381 e. The van der Waals surface area contributed by atoms with Crippen LogP contribution in [0.5, 0.6) is 0 Å². The first-order chi connectivity index (χ1) is 11.5. The molecule has 6 nitrogen and oxygen atoms in total. The average Bonchev–Trinajstić information content (AvgIpc) is 2.61. The van der Waals surface area contributed by atoms with Gasteiger partial charge in [-0.1, -0.05) is 0 Å². The number of hydrogen-bond acceptors (Lipinski definition) is 5. The lowest BCUT2D eigenvalue weighted by molar-refractivity contribution is 0.0780.